The molecule has 3 N–H and O–H groups in total. The van der Waals surface area contributed by atoms with Crippen molar-refractivity contribution in [3.8, 4) is 5.75 Å². The molecule has 24 heavy (non-hydrogen) atoms. The fourth-order valence-electron chi connectivity index (χ4n) is 2.14. The molecule has 130 valence electrons. The van der Waals surface area contributed by atoms with Gasteiger partial charge in [-0.3, -0.25) is 9.59 Å². The highest BCUT2D eigenvalue weighted by atomic mass is 16.5. The molecule has 0 unspecified atom stereocenters. The van der Waals surface area contributed by atoms with Gasteiger partial charge in [-0.15, -0.1) is 0 Å². The summed E-state index contributed by atoms with van der Waals surface area (Å²) in [7, 11) is 0. The number of benzene rings is 1. The Morgan fingerprint density at radius 2 is 1.96 bits per heavy atom. The van der Waals surface area contributed by atoms with Crippen molar-refractivity contribution in [1.29, 1.82) is 0 Å². The predicted molar refractivity (Wildman–Crippen MR) is 83.4 cm³/mol. The van der Waals surface area contributed by atoms with E-state index < -0.39 is 11.9 Å². The largest absolute Gasteiger partial charge is 0.484 e. The van der Waals surface area contributed by atoms with Gasteiger partial charge in [0.1, 0.15) is 5.75 Å². The van der Waals surface area contributed by atoms with Gasteiger partial charge >= 0.3 is 5.97 Å². The number of rotatable bonds is 8. The van der Waals surface area contributed by atoms with Gasteiger partial charge in [-0.05, 0) is 37.1 Å². The highest BCUT2D eigenvalue weighted by Crippen LogP contribution is 2.13. The number of carbonyl (C=O) groups excluding carboxylic acids is 3. The first kappa shape index (κ1) is 17.7. The smallest absolute Gasteiger partial charge is 0.338 e. The third-order valence-electron chi connectivity index (χ3n) is 3.36. The topological polar surface area (TPSA) is 117 Å². The number of hydrogen-bond acceptors (Lipinski definition) is 6. The van der Waals surface area contributed by atoms with E-state index in [2.05, 4.69) is 5.32 Å². The number of ether oxygens (including phenoxy) is 3. The van der Waals surface area contributed by atoms with Crippen LogP contribution >= 0.6 is 0 Å². The fraction of sp³-hybridized carbons (Fsp3) is 0.438. The molecule has 1 saturated heterocycles. The van der Waals surface area contributed by atoms with Crippen LogP contribution in [0.4, 0.5) is 0 Å². The normalized spacial score (nSPS) is 16.4. The first-order valence-electron chi connectivity index (χ1n) is 7.61. The third-order valence-corrected chi connectivity index (χ3v) is 3.36. The molecule has 0 radical (unpaired) electrons. The van der Waals surface area contributed by atoms with Gasteiger partial charge in [0.05, 0.1) is 11.7 Å². The van der Waals surface area contributed by atoms with E-state index in [0.29, 0.717) is 18.9 Å². The molecular weight excluding hydrogens is 316 g/mol. The van der Waals surface area contributed by atoms with Crippen LogP contribution in [0, 0.1) is 0 Å². The van der Waals surface area contributed by atoms with Crippen LogP contribution in [0.1, 0.15) is 23.2 Å². The molecule has 0 bridgehead atoms. The van der Waals surface area contributed by atoms with Gasteiger partial charge in [0, 0.05) is 13.2 Å². The van der Waals surface area contributed by atoms with Gasteiger partial charge in [-0.2, -0.15) is 0 Å². The second-order valence-electron chi connectivity index (χ2n) is 5.29. The van der Waals surface area contributed by atoms with E-state index in [9.17, 15) is 14.4 Å². The Balaban J connectivity index is 1.71. The summed E-state index contributed by atoms with van der Waals surface area (Å²) in [5, 5.41) is 2.66. The zero-order chi connectivity index (χ0) is 17.4. The molecular formula is C16H20N2O6. The lowest BCUT2D eigenvalue weighted by Gasteiger charge is -2.11. The summed E-state index contributed by atoms with van der Waals surface area (Å²) >= 11 is 0. The summed E-state index contributed by atoms with van der Waals surface area (Å²) < 4.78 is 15.4. The Labute approximate surface area is 139 Å². The summed E-state index contributed by atoms with van der Waals surface area (Å²) in [5.41, 5.74) is 5.24. The minimum atomic E-state index is -0.622. The summed E-state index contributed by atoms with van der Waals surface area (Å²) in [5.74, 6) is -1.18. The molecule has 1 aromatic rings. The first-order chi connectivity index (χ1) is 11.5. The lowest BCUT2D eigenvalue weighted by molar-refractivity contribution is -0.124. The van der Waals surface area contributed by atoms with Crippen LogP contribution in [0.3, 0.4) is 0 Å². The Bertz CT molecular complexity index is 581. The van der Waals surface area contributed by atoms with Crippen molar-refractivity contribution in [2.24, 2.45) is 5.73 Å². The summed E-state index contributed by atoms with van der Waals surface area (Å²) in [4.78, 5) is 34.1. The van der Waals surface area contributed by atoms with Gasteiger partial charge in [0.25, 0.3) is 11.8 Å². The van der Waals surface area contributed by atoms with E-state index in [1.807, 2.05) is 0 Å². The molecule has 1 aliphatic heterocycles. The highest BCUT2D eigenvalue weighted by Gasteiger charge is 2.17. The maximum absolute atomic E-state index is 11.8. The molecule has 1 aromatic carbocycles. The second kappa shape index (κ2) is 8.88. The van der Waals surface area contributed by atoms with Crippen LogP contribution in [0.2, 0.25) is 0 Å². The van der Waals surface area contributed by atoms with Gasteiger partial charge in [-0.1, -0.05) is 0 Å². The van der Waals surface area contributed by atoms with Crippen LogP contribution < -0.4 is 15.8 Å². The number of primary amides is 1. The Kier molecular flexibility index (Phi) is 6.56. The van der Waals surface area contributed by atoms with E-state index in [-0.39, 0.29) is 30.8 Å². The monoisotopic (exact) mass is 336 g/mol. The number of nitrogens with two attached hydrogens (primary N) is 1. The second-order valence-corrected chi connectivity index (χ2v) is 5.29. The van der Waals surface area contributed by atoms with Crippen LogP contribution in [0.5, 0.6) is 5.75 Å². The van der Waals surface area contributed by atoms with Gasteiger partial charge < -0.3 is 25.3 Å². The van der Waals surface area contributed by atoms with Crippen molar-refractivity contribution in [2.75, 3.05) is 26.4 Å². The van der Waals surface area contributed by atoms with E-state index in [1.165, 1.54) is 24.3 Å². The zero-order valence-corrected chi connectivity index (χ0v) is 13.2. The van der Waals surface area contributed by atoms with E-state index in [4.69, 9.17) is 19.9 Å². The summed E-state index contributed by atoms with van der Waals surface area (Å²) in [6.07, 6.45) is 1.96. The van der Waals surface area contributed by atoms with Gasteiger partial charge in [0.2, 0.25) is 0 Å². The third kappa shape index (κ3) is 5.88. The highest BCUT2D eigenvalue weighted by molar-refractivity contribution is 5.91. The Morgan fingerprint density at radius 3 is 2.58 bits per heavy atom. The zero-order valence-electron chi connectivity index (χ0n) is 13.2. The number of carbonyl (C=O) groups is 3. The van der Waals surface area contributed by atoms with E-state index in [0.717, 1.165) is 12.8 Å². The minimum absolute atomic E-state index is 0.0394. The lowest BCUT2D eigenvalue weighted by Crippen LogP contribution is -2.34. The van der Waals surface area contributed by atoms with Crippen LogP contribution in [-0.2, 0) is 19.1 Å². The van der Waals surface area contributed by atoms with Crippen LogP contribution in [-0.4, -0.2) is 50.3 Å². The average Bonchev–Trinajstić information content (AvgIpc) is 3.10. The fourth-order valence-corrected chi connectivity index (χ4v) is 2.14. The van der Waals surface area contributed by atoms with Crippen molar-refractivity contribution in [2.45, 2.75) is 18.9 Å². The molecule has 0 aliphatic carbocycles. The van der Waals surface area contributed by atoms with E-state index >= 15 is 0 Å². The maximum Gasteiger partial charge on any atom is 0.338 e. The molecule has 0 spiro atoms. The molecule has 1 heterocycles. The minimum Gasteiger partial charge on any atom is -0.484 e. The molecule has 1 aliphatic rings. The average molecular weight is 336 g/mol. The lowest BCUT2D eigenvalue weighted by atomic mass is 10.2. The number of amides is 2. The molecule has 0 aromatic heterocycles. The number of hydrogen-bond donors (Lipinski definition) is 2. The molecule has 1 fully saturated rings. The summed E-state index contributed by atoms with van der Waals surface area (Å²) in [6, 6.07) is 5.97. The maximum atomic E-state index is 11.8. The molecule has 1 atom stereocenters. The standard InChI is InChI=1S/C16H20N2O6/c17-14(19)9-23-12-5-3-11(4-6-12)16(21)24-10-15(20)18-8-13-2-1-7-22-13/h3-6,13H,1-2,7-10H2,(H2,17,19)(H,18,20)/t13-/m1/s1. The van der Waals surface area contributed by atoms with Crippen molar-refractivity contribution < 1.29 is 28.6 Å². The predicted octanol–water partition coefficient (Wildman–Crippen LogP) is 0.00270. The molecule has 0 saturated carbocycles. The van der Waals surface area contributed by atoms with Crippen molar-refractivity contribution in [1.82, 2.24) is 5.32 Å². The van der Waals surface area contributed by atoms with Crippen molar-refractivity contribution in [3.63, 3.8) is 0 Å². The van der Waals surface area contributed by atoms with Crippen LogP contribution in [0.25, 0.3) is 0 Å². The van der Waals surface area contributed by atoms with Gasteiger partial charge in [-0.25, -0.2) is 4.79 Å². The quantitative estimate of drug-likeness (QED) is 0.646. The number of esters is 1. The van der Waals surface area contributed by atoms with Crippen LogP contribution in [0.15, 0.2) is 24.3 Å². The SMILES string of the molecule is NC(=O)COc1ccc(C(=O)OCC(=O)NC[C@H]2CCCO2)cc1. The van der Waals surface area contributed by atoms with Crippen molar-refractivity contribution in [3.05, 3.63) is 29.8 Å². The van der Waals surface area contributed by atoms with Crippen molar-refractivity contribution >= 4 is 17.8 Å². The Hall–Kier alpha value is -2.61. The molecule has 2 amide bonds. The Morgan fingerprint density at radius 1 is 1.21 bits per heavy atom. The van der Waals surface area contributed by atoms with Gasteiger partial charge in [0.15, 0.2) is 13.2 Å². The first-order valence-corrected chi connectivity index (χ1v) is 7.61. The number of nitrogens with one attached hydrogen (secondary N) is 1. The molecule has 8 nitrogen and oxygen atoms in total. The van der Waals surface area contributed by atoms with E-state index in [1.54, 1.807) is 0 Å². The molecule has 8 heteroatoms. The molecule has 2 rings (SSSR count). The summed E-state index contributed by atoms with van der Waals surface area (Å²) in [6.45, 7) is 0.539.